The van der Waals surface area contributed by atoms with E-state index >= 15 is 0 Å². The lowest BCUT2D eigenvalue weighted by Crippen LogP contribution is -2.19. The summed E-state index contributed by atoms with van der Waals surface area (Å²) < 4.78 is 0. The fourth-order valence-corrected chi connectivity index (χ4v) is 4.54. The van der Waals surface area contributed by atoms with E-state index in [-0.39, 0.29) is 11.8 Å². The summed E-state index contributed by atoms with van der Waals surface area (Å²) in [5, 5.41) is 7.29. The van der Waals surface area contributed by atoms with E-state index in [1.807, 2.05) is 66.0 Å². The molecule has 0 saturated heterocycles. The van der Waals surface area contributed by atoms with Gasteiger partial charge >= 0.3 is 0 Å². The van der Waals surface area contributed by atoms with Crippen LogP contribution in [0.5, 0.6) is 0 Å². The van der Waals surface area contributed by atoms with E-state index in [2.05, 4.69) is 15.6 Å². The molecule has 1 unspecified atom stereocenters. The van der Waals surface area contributed by atoms with E-state index in [9.17, 15) is 9.59 Å². The van der Waals surface area contributed by atoms with Crippen molar-refractivity contribution in [3.63, 3.8) is 0 Å². The van der Waals surface area contributed by atoms with Crippen molar-refractivity contribution in [2.24, 2.45) is 0 Å². The molecular formula is C24H19N3O2S2. The van der Waals surface area contributed by atoms with Crippen LogP contribution in [0.3, 0.4) is 0 Å². The summed E-state index contributed by atoms with van der Waals surface area (Å²) in [5.74, 6) is -0.244. The van der Waals surface area contributed by atoms with Crippen LogP contribution >= 0.6 is 23.1 Å². The third kappa shape index (κ3) is 5.59. The molecule has 31 heavy (non-hydrogen) atoms. The number of benzene rings is 2. The van der Waals surface area contributed by atoms with E-state index < -0.39 is 5.25 Å². The van der Waals surface area contributed by atoms with Crippen molar-refractivity contribution in [3.8, 4) is 0 Å². The number of pyridine rings is 1. The second kappa shape index (κ2) is 10.1. The maximum absolute atomic E-state index is 13.1. The monoisotopic (exact) mass is 445 g/mol. The Morgan fingerprint density at radius 2 is 1.52 bits per heavy atom. The van der Waals surface area contributed by atoms with Crippen LogP contribution in [0.25, 0.3) is 0 Å². The van der Waals surface area contributed by atoms with Crippen molar-refractivity contribution in [1.82, 2.24) is 4.98 Å². The Labute approximate surface area is 188 Å². The molecular weight excluding hydrogens is 426 g/mol. The highest BCUT2D eigenvalue weighted by Crippen LogP contribution is 2.36. The Morgan fingerprint density at radius 3 is 2.19 bits per heavy atom. The fourth-order valence-electron chi connectivity index (χ4n) is 2.90. The van der Waals surface area contributed by atoms with Gasteiger partial charge in [0.2, 0.25) is 5.91 Å². The van der Waals surface area contributed by atoms with Crippen LogP contribution in [-0.2, 0) is 4.79 Å². The molecule has 0 bridgehead atoms. The van der Waals surface area contributed by atoms with Crippen LogP contribution < -0.4 is 10.6 Å². The smallest absolute Gasteiger partial charge is 0.265 e. The highest BCUT2D eigenvalue weighted by atomic mass is 32.2. The first-order chi connectivity index (χ1) is 15.2. The summed E-state index contributed by atoms with van der Waals surface area (Å²) in [6, 6.07) is 24.3. The molecule has 2 N–H and O–H groups in total. The minimum absolute atomic E-state index is 0.113. The van der Waals surface area contributed by atoms with Gasteiger partial charge in [0.25, 0.3) is 5.91 Å². The molecule has 0 fully saturated rings. The zero-order chi connectivity index (χ0) is 21.5. The maximum Gasteiger partial charge on any atom is 0.265 e. The number of carbonyl (C=O) groups is 2. The Bertz CT molecular complexity index is 1130. The molecule has 2 heterocycles. The number of nitrogens with zero attached hydrogens (tertiary/aromatic N) is 1. The normalized spacial score (nSPS) is 11.5. The maximum atomic E-state index is 13.1. The number of thiophene rings is 1. The van der Waals surface area contributed by atoms with Crippen LogP contribution in [0.1, 0.15) is 20.5 Å². The molecule has 1 atom stereocenters. The van der Waals surface area contributed by atoms with Gasteiger partial charge in [-0.2, -0.15) is 0 Å². The molecule has 5 nitrogen and oxygen atoms in total. The predicted molar refractivity (Wildman–Crippen MR) is 127 cm³/mol. The van der Waals surface area contributed by atoms with Gasteiger partial charge in [-0.3, -0.25) is 14.6 Å². The van der Waals surface area contributed by atoms with Gasteiger partial charge in [-0.05, 0) is 53.4 Å². The molecule has 2 aromatic heterocycles. The van der Waals surface area contributed by atoms with Gasteiger partial charge in [0.15, 0.2) is 0 Å². The molecule has 0 radical (unpaired) electrons. The second-order valence-corrected chi connectivity index (χ2v) is 8.72. The van der Waals surface area contributed by atoms with Crippen LogP contribution in [0.2, 0.25) is 0 Å². The average Bonchev–Trinajstić information content (AvgIpc) is 3.35. The number of aromatic nitrogens is 1. The number of amides is 2. The quantitative estimate of drug-likeness (QED) is 0.349. The van der Waals surface area contributed by atoms with Crippen molar-refractivity contribution < 1.29 is 9.59 Å². The Kier molecular flexibility index (Phi) is 6.76. The van der Waals surface area contributed by atoms with Gasteiger partial charge in [-0.25, -0.2) is 0 Å². The Balaban J connectivity index is 1.49. The van der Waals surface area contributed by atoms with Crippen LogP contribution in [0.15, 0.2) is 102 Å². The third-order valence-electron chi connectivity index (χ3n) is 4.40. The number of hydrogen-bond donors (Lipinski definition) is 2. The van der Waals surface area contributed by atoms with E-state index in [0.29, 0.717) is 16.3 Å². The topological polar surface area (TPSA) is 71.1 Å². The van der Waals surface area contributed by atoms with Crippen molar-refractivity contribution in [1.29, 1.82) is 0 Å². The second-order valence-electron chi connectivity index (χ2n) is 6.59. The molecule has 2 amide bonds. The number of carbonyl (C=O) groups excluding carboxylic acids is 2. The lowest BCUT2D eigenvalue weighted by molar-refractivity contribution is -0.115. The fraction of sp³-hybridized carbons (Fsp3) is 0.0417. The summed E-state index contributed by atoms with van der Waals surface area (Å²) in [6.07, 6.45) is 3.28. The zero-order valence-electron chi connectivity index (χ0n) is 16.4. The van der Waals surface area contributed by atoms with Crippen LogP contribution in [0, 0.1) is 0 Å². The standard InChI is InChI=1S/C24H19N3O2S2/c28-23(21-7-4-16-30-21)26-18-8-10-20(11-9-18)31-22(17-5-2-1-3-6-17)24(29)27-19-12-14-25-15-13-19/h1-16,22H,(H,26,28)(H,25,27,29). The summed E-state index contributed by atoms with van der Waals surface area (Å²) in [6.45, 7) is 0. The molecule has 0 saturated carbocycles. The summed E-state index contributed by atoms with van der Waals surface area (Å²) in [5.41, 5.74) is 2.32. The van der Waals surface area contributed by atoms with Crippen molar-refractivity contribution in [2.75, 3.05) is 10.6 Å². The number of anilines is 2. The zero-order valence-corrected chi connectivity index (χ0v) is 18.0. The van der Waals surface area contributed by atoms with Crippen molar-refractivity contribution in [2.45, 2.75) is 10.1 Å². The molecule has 7 heteroatoms. The molecule has 0 aliphatic carbocycles. The summed E-state index contributed by atoms with van der Waals surface area (Å²) in [4.78, 5) is 30.8. The van der Waals surface area contributed by atoms with Gasteiger partial charge < -0.3 is 10.6 Å². The van der Waals surface area contributed by atoms with E-state index in [0.717, 1.165) is 10.5 Å². The highest BCUT2D eigenvalue weighted by Gasteiger charge is 2.22. The van der Waals surface area contributed by atoms with Gasteiger partial charge in [-0.15, -0.1) is 23.1 Å². The Hall–Kier alpha value is -3.42. The molecule has 0 aliphatic rings. The van der Waals surface area contributed by atoms with Gasteiger partial charge in [0, 0.05) is 28.7 Å². The minimum atomic E-state index is -0.430. The van der Waals surface area contributed by atoms with Gasteiger partial charge in [0.05, 0.1) is 4.88 Å². The van der Waals surface area contributed by atoms with Gasteiger partial charge in [-0.1, -0.05) is 36.4 Å². The van der Waals surface area contributed by atoms with Crippen molar-refractivity contribution in [3.05, 3.63) is 107 Å². The number of hydrogen-bond acceptors (Lipinski definition) is 5. The van der Waals surface area contributed by atoms with Crippen LogP contribution in [0.4, 0.5) is 11.4 Å². The first-order valence-corrected chi connectivity index (χ1v) is 11.3. The lowest BCUT2D eigenvalue weighted by Gasteiger charge is -2.17. The molecule has 154 valence electrons. The highest BCUT2D eigenvalue weighted by molar-refractivity contribution is 8.00. The molecule has 2 aromatic carbocycles. The number of nitrogens with one attached hydrogen (secondary N) is 2. The van der Waals surface area contributed by atoms with Gasteiger partial charge in [0.1, 0.15) is 5.25 Å². The largest absolute Gasteiger partial charge is 0.325 e. The molecule has 0 spiro atoms. The van der Waals surface area contributed by atoms with E-state index in [1.54, 1.807) is 30.6 Å². The predicted octanol–water partition coefficient (Wildman–Crippen LogP) is 5.87. The molecule has 0 aliphatic heterocycles. The number of thioether (sulfide) groups is 1. The first-order valence-electron chi connectivity index (χ1n) is 9.56. The third-order valence-corrected chi connectivity index (χ3v) is 6.53. The molecule has 4 aromatic rings. The average molecular weight is 446 g/mol. The van der Waals surface area contributed by atoms with Crippen molar-refractivity contribution >= 4 is 46.3 Å². The van der Waals surface area contributed by atoms with Crippen LogP contribution in [-0.4, -0.2) is 16.8 Å². The number of rotatable bonds is 7. The SMILES string of the molecule is O=C(Nc1ccc(SC(C(=O)Nc2ccncc2)c2ccccc2)cc1)c1cccs1. The lowest BCUT2D eigenvalue weighted by atomic mass is 10.1. The Morgan fingerprint density at radius 1 is 0.806 bits per heavy atom. The minimum Gasteiger partial charge on any atom is -0.325 e. The van der Waals surface area contributed by atoms with E-state index in [1.165, 1.54) is 23.1 Å². The summed E-state index contributed by atoms with van der Waals surface area (Å²) in [7, 11) is 0. The van der Waals surface area contributed by atoms with E-state index in [4.69, 9.17) is 0 Å². The molecule has 4 rings (SSSR count). The first kappa shape index (κ1) is 20.8. The summed E-state index contributed by atoms with van der Waals surface area (Å²) >= 11 is 2.85.